The van der Waals surface area contributed by atoms with Gasteiger partial charge in [-0.2, -0.15) is 9.67 Å². The number of nitrogens with zero attached hydrogens (tertiary/aromatic N) is 6. The van der Waals surface area contributed by atoms with Gasteiger partial charge in [0.1, 0.15) is 0 Å². The van der Waals surface area contributed by atoms with E-state index in [1.54, 1.807) is 10.9 Å². The van der Waals surface area contributed by atoms with Gasteiger partial charge >= 0.3 is 0 Å². The van der Waals surface area contributed by atoms with Crippen molar-refractivity contribution in [3.05, 3.63) is 30.5 Å². The molecule has 0 radical (unpaired) electrons. The Balaban J connectivity index is 1.39. The van der Waals surface area contributed by atoms with Gasteiger partial charge in [0.2, 0.25) is 11.9 Å². The molecule has 1 saturated carbocycles. The van der Waals surface area contributed by atoms with Crippen molar-refractivity contribution in [2.45, 2.75) is 50.6 Å². The second-order valence-corrected chi connectivity index (χ2v) is 7.83. The molecule has 0 unspecified atom stereocenters. The van der Waals surface area contributed by atoms with Crippen LogP contribution < -0.4 is 16.0 Å². The molecule has 9 nitrogen and oxygen atoms in total. The van der Waals surface area contributed by atoms with Crippen LogP contribution in [0.1, 0.15) is 38.5 Å². The maximum absolute atomic E-state index is 11.9. The normalized spacial score (nSPS) is 22.4. The summed E-state index contributed by atoms with van der Waals surface area (Å²) < 4.78 is 1.70. The summed E-state index contributed by atoms with van der Waals surface area (Å²) in [6, 6.07) is 8.41. The van der Waals surface area contributed by atoms with Crippen molar-refractivity contribution in [3.8, 4) is 5.69 Å². The molecule has 1 aliphatic carbocycles. The molecule has 1 amide bonds. The Morgan fingerprint density at radius 3 is 2.55 bits per heavy atom. The maximum atomic E-state index is 11.9. The minimum absolute atomic E-state index is 0.177. The average molecular weight is 392 g/mol. The first-order valence-corrected chi connectivity index (χ1v) is 10.2. The largest absolute Gasteiger partial charge is 0.351 e. The van der Waals surface area contributed by atoms with Crippen LogP contribution in [0.25, 0.3) is 16.9 Å². The minimum Gasteiger partial charge on any atom is -0.351 e. The number of aromatic nitrogens is 5. The van der Waals surface area contributed by atoms with Crippen molar-refractivity contribution in [1.29, 1.82) is 0 Å². The smallest absolute Gasteiger partial charge is 0.227 e. The van der Waals surface area contributed by atoms with Gasteiger partial charge in [0.05, 0.1) is 11.9 Å². The molecule has 2 aromatic heterocycles. The molecule has 29 heavy (non-hydrogen) atoms. The lowest BCUT2D eigenvalue weighted by atomic mass is 9.92. The van der Waals surface area contributed by atoms with Gasteiger partial charge in [-0.1, -0.05) is 5.21 Å². The summed E-state index contributed by atoms with van der Waals surface area (Å²) in [5.74, 6) is 0.761. The predicted octanol–water partition coefficient (Wildman–Crippen LogP) is 2.02. The van der Waals surface area contributed by atoms with Crippen LogP contribution in [0.4, 0.5) is 11.6 Å². The van der Waals surface area contributed by atoms with E-state index in [1.807, 2.05) is 29.2 Å². The molecule has 150 valence electrons. The van der Waals surface area contributed by atoms with E-state index >= 15 is 0 Å². The number of carbonyl (C=O) groups is 1. The molecule has 0 bridgehead atoms. The summed E-state index contributed by atoms with van der Waals surface area (Å²) in [5.41, 5.74) is 9.04. The maximum Gasteiger partial charge on any atom is 0.227 e. The summed E-state index contributed by atoms with van der Waals surface area (Å²) in [7, 11) is 0. The van der Waals surface area contributed by atoms with E-state index in [2.05, 4.69) is 25.6 Å². The van der Waals surface area contributed by atoms with Crippen molar-refractivity contribution in [1.82, 2.24) is 25.0 Å². The van der Waals surface area contributed by atoms with Gasteiger partial charge < -0.3 is 16.0 Å². The van der Waals surface area contributed by atoms with E-state index in [1.165, 1.54) is 0 Å². The summed E-state index contributed by atoms with van der Waals surface area (Å²) in [4.78, 5) is 22.8. The van der Waals surface area contributed by atoms with E-state index in [4.69, 9.17) is 5.73 Å². The fraction of sp³-hybridized carbons (Fsp3) is 0.450. The third kappa shape index (κ3) is 3.53. The van der Waals surface area contributed by atoms with Gasteiger partial charge in [0.15, 0.2) is 11.2 Å². The molecule has 2 aliphatic rings. The third-order valence-electron chi connectivity index (χ3n) is 5.78. The van der Waals surface area contributed by atoms with Crippen LogP contribution in [0.2, 0.25) is 0 Å². The summed E-state index contributed by atoms with van der Waals surface area (Å²) in [6.45, 7) is 0.777. The topological polar surface area (TPSA) is 115 Å². The first-order valence-electron chi connectivity index (χ1n) is 10.2. The molecule has 3 aromatic rings. The van der Waals surface area contributed by atoms with Crippen molar-refractivity contribution >= 4 is 28.7 Å². The Morgan fingerprint density at radius 1 is 1.07 bits per heavy atom. The quantitative estimate of drug-likeness (QED) is 0.698. The number of hydrogen-bond donors (Lipinski definition) is 2. The highest BCUT2D eigenvalue weighted by molar-refractivity contribution is 5.95. The fourth-order valence-electron chi connectivity index (χ4n) is 4.11. The second-order valence-electron chi connectivity index (χ2n) is 7.83. The standard InChI is InChI=1S/C20H24N8O/c21-13-3-5-14(6-4-13)23-20-22-12-17-19(24-20)28(26-25-17)16-9-7-15(8-10-16)27-11-1-2-18(27)29/h7-10,12-14H,1-6,11,21H2,(H,22,23,24). The van der Waals surface area contributed by atoms with Crippen LogP contribution in [0.5, 0.6) is 0 Å². The molecule has 1 saturated heterocycles. The van der Waals surface area contributed by atoms with Gasteiger partial charge in [-0.15, -0.1) is 5.10 Å². The van der Waals surface area contributed by atoms with Crippen molar-refractivity contribution in [2.75, 3.05) is 16.8 Å². The molecule has 5 rings (SSSR count). The number of nitrogens with two attached hydrogens (primary N) is 1. The Labute approximate surface area is 168 Å². The zero-order chi connectivity index (χ0) is 19.8. The average Bonchev–Trinajstić information content (AvgIpc) is 3.36. The number of anilines is 2. The van der Waals surface area contributed by atoms with E-state index in [0.717, 1.165) is 50.0 Å². The number of amides is 1. The van der Waals surface area contributed by atoms with Gasteiger partial charge in [0.25, 0.3) is 0 Å². The summed E-state index contributed by atoms with van der Waals surface area (Å²) >= 11 is 0. The molecule has 9 heteroatoms. The van der Waals surface area contributed by atoms with Crippen LogP contribution >= 0.6 is 0 Å². The number of rotatable bonds is 4. The van der Waals surface area contributed by atoms with Gasteiger partial charge in [-0.05, 0) is 56.4 Å². The summed E-state index contributed by atoms with van der Waals surface area (Å²) in [6.07, 6.45) is 7.31. The lowest BCUT2D eigenvalue weighted by Gasteiger charge is -2.26. The molecule has 1 aliphatic heterocycles. The SMILES string of the molecule is NC1CCC(Nc2ncc3nnn(-c4ccc(N5CCCC5=O)cc4)c3n2)CC1. The Kier molecular flexibility index (Phi) is 4.59. The first kappa shape index (κ1) is 18.0. The number of carbonyl (C=O) groups excluding carboxylic acids is 1. The highest BCUT2D eigenvalue weighted by atomic mass is 16.2. The van der Waals surface area contributed by atoms with Crippen molar-refractivity contribution < 1.29 is 4.79 Å². The lowest BCUT2D eigenvalue weighted by molar-refractivity contribution is -0.117. The van der Waals surface area contributed by atoms with Gasteiger partial charge in [-0.3, -0.25) is 4.79 Å². The molecule has 0 atom stereocenters. The molecule has 0 spiro atoms. The molecule has 3 N–H and O–H groups in total. The zero-order valence-electron chi connectivity index (χ0n) is 16.2. The number of benzene rings is 1. The zero-order valence-corrected chi connectivity index (χ0v) is 16.2. The van der Waals surface area contributed by atoms with Gasteiger partial charge in [0, 0.05) is 30.7 Å². The molecule has 3 heterocycles. The van der Waals surface area contributed by atoms with E-state index in [0.29, 0.717) is 35.6 Å². The number of hydrogen-bond acceptors (Lipinski definition) is 7. The number of fused-ring (bicyclic) bond motifs is 1. The fourth-order valence-corrected chi connectivity index (χ4v) is 4.11. The van der Waals surface area contributed by atoms with E-state index in [-0.39, 0.29) is 5.91 Å². The van der Waals surface area contributed by atoms with Crippen molar-refractivity contribution in [3.63, 3.8) is 0 Å². The second kappa shape index (κ2) is 7.40. The van der Waals surface area contributed by atoms with E-state index < -0.39 is 0 Å². The van der Waals surface area contributed by atoms with Crippen LogP contribution in [-0.4, -0.2) is 49.5 Å². The lowest BCUT2D eigenvalue weighted by Crippen LogP contribution is -2.33. The third-order valence-corrected chi connectivity index (χ3v) is 5.78. The highest BCUT2D eigenvalue weighted by Gasteiger charge is 2.22. The van der Waals surface area contributed by atoms with E-state index in [9.17, 15) is 4.79 Å². The molecule has 2 fully saturated rings. The molecular formula is C20H24N8O. The van der Waals surface area contributed by atoms with Crippen LogP contribution in [-0.2, 0) is 4.79 Å². The Morgan fingerprint density at radius 2 is 1.83 bits per heavy atom. The van der Waals surface area contributed by atoms with Crippen LogP contribution in [0.15, 0.2) is 30.5 Å². The Bertz CT molecular complexity index is 1020. The summed E-state index contributed by atoms with van der Waals surface area (Å²) in [5, 5.41) is 11.9. The van der Waals surface area contributed by atoms with Crippen LogP contribution in [0, 0.1) is 0 Å². The molecular weight excluding hydrogens is 368 g/mol. The highest BCUT2D eigenvalue weighted by Crippen LogP contribution is 2.24. The van der Waals surface area contributed by atoms with Crippen LogP contribution in [0.3, 0.4) is 0 Å². The Hall–Kier alpha value is -3.07. The minimum atomic E-state index is 0.177. The number of nitrogens with one attached hydrogen (secondary N) is 1. The van der Waals surface area contributed by atoms with Crippen molar-refractivity contribution in [2.24, 2.45) is 5.73 Å². The van der Waals surface area contributed by atoms with Gasteiger partial charge in [-0.25, -0.2) is 4.98 Å². The first-order chi connectivity index (χ1) is 14.2. The predicted molar refractivity (Wildman–Crippen MR) is 110 cm³/mol. The monoisotopic (exact) mass is 392 g/mol. The molecule has 1 aromatic carbocycles.